The van der Waals surface area contributed by atoms with Crippen LogP contribution in [0.4, 0.5) is 0 Å². The summed E-state index contributed by atoms with van der Waals surface area (Å²) >= 11 is 0. The summed E-state index contributed by atoms with van der Waals surface area (Å²) in [6, 6.07) is 0. The summed E-state index contributed by atoms with van der Waals surface area (Å²) in [5.74, 6) is 0. The van der Waals surface area contributed by atoms with Gasteiger partial charge in [-0.3, -0.25) is 0 Å². The second-order valence-corrected chi connectivity index (χ2v) is 44.0. The van der Waals surface area contributed by atoms with Crippen LogP contribution in [0.25, 0.3) is 0 Å². The van der Waals surface area contributed by atoms with Crippen LogP contribution in [-0.4, -0.2) is 32.8 Å². The van der Waals surface area contributed by atoms with Crippen molar-refractivity contribution in [1.29, 1.82) is 0 Å². The number of unbranched alkanes of at least 4 members (excludes halogenated alkanes) is 8. The molecule has 10 saturated heterocycles. The van der Waals surface area contributed by atoms with Crippen molar-refractivity contribution in [2.24, 2.45) is 0 Å². The molecule has 0 N–H and O–H groups in total. The molecule has 10 heterocycles. The molecule has 10 fully saturated rings. The van der Waals surface area contributed by atoms with Crippen molar-refractivity contribution in [2.45, 2.75) is 152 Å². The first-order valence-electron chi connectivity index (χ1n) is 15.6. The van der Waals surface area contributed by atoms with Crippen LogP contribution in [0.2, 0.25) is 38.8 Å². The predicted octanol–water partition coefficient (Wildman–Crippen LogP) is 10.9. The van der Waals surface area contributed by atoms with E-state index < -0.39 is 6.37 Å². The van der Waals surface area contributed by atoms with Crippen molar-refractivity contribution >= 4 is 15.8 Å². The van der Waals surface area contributed by atoms with E-state index >= 15 is 0 Å². The average Bonchev–Trinajstić information content (AvgIpc) is 3.76. The molecule has 0 saturated carbocycles. The standard InChI is InChI=1S/C25H47P2.C5H5.Co/c1-5-9-13-20-26(21-14-10-6-2)24-18-17-19-25(24)27(22-15-11-7-3)23-16-12-8-4;1-2-4-5-3-1;/h17-19H,5-16,20-23H2,1-4H3;1-5H;. The molecule has 0 bridgehead atoms. The van der Waals surface area contributed by atoms with E-state index in [0.29, 0.717) is 15.8 Å². The zero-order valence-corrected chi connectivity index (χ0v) is 25.0. The third-order valence-corrected chi connectivity index (χ3v) is 74.2. The SMILES string of the molecule is CCCCCP(CCCCC)[C]12[CH]3[CH]4[CH]5[C]1(P(CCCCC)CCCCC)[Co]43521678[CH]2[CH]1[CH]6[CH]7[CH]28. The topological polar surface area (TPSA) is 0 Å². The fourth-order valence-electron chi connectivity index (χ4n) is 20.1. The summed E-state index contributed by atoms with van der Waals surface area (Å²) in [4.78, 5) is 12.3. The molecular weight excluding hydrogens is 481 g/mol. The van der Waals surface area contributed by atoms with Gasteiger partial charge in [-0.05, 0) is 0 Å². The Morgan fingerprint density at radius 1 is 0.455 bits per heavy atom. The summed E-state index contributed by atoms with van der Waals surface area (Å²) in [5.41, 5.74) is 0. The first-order chi connectivity index (χ1) is 16.0. The van der Waals surface area contributed by atoms with E-state index in [1.807, 2.05) is 0 Å². The molecule has 10 rings (SSSR count). The zero-order valence-electron chi connectivity index (χ0n) is 22.2. The Hall–Kier alpha value is 1.37. The van der Waals surface area contributed by atoms with Gasteiger partial charge in [0, 0.05) is 0 Å². The summed E-state index contributed by atoms with van der Waals surface area (Å²) < 4.78 is 2.42. The Labute approximate surface area is 198 Å². The maximum atomic E-state index is 2.45. The quantitative estimate of drug-likeness (QED) is 0.121. The van der Waals surface area contributed by atoms with Crippen LogP contribution >= 0.6 is 15.8 Å². The third-order valence-electron chi connectivity index (χ3n) is 19.0. The summed E-state index contributed by atoms with van der Waals surface area (Å²) in [5, 5.41) is 0. The first-order valence-corrected chi connectivity index (χ1v) is 24.8. The van der Waals surface area contributed by atoms with Crippen LogP contribution in [-0.2, 0) is 6.37 Å². The fourth-order valence-corrected chi connectivity index (χ4v) is 123. The molecule has 4 atom stereocenters. The van der Waals surface area contributed by atoms with E-state index in [1.165, 1.54) is 72.7 Å². The van der Waals surface area contributed by atoms with E-state index in [-0.39, 0.29) is 0 Å². The first kappa shape index (κ1) is 20.3. The molecule has 3 heteroatoms. The van der Waals surface area contributed by atoms with Crippen molar-refractivity contribution < 1.29 is 6.37 Å². The van der Waals surface area contributed by atoms with Gasteiger partial charge >= 0.3 is 199 Å². The van der Waals surface area contributed by atoms with Gasteiger partial charge in [0.15, 0.2) is 0 Å². The fraction of sp³-hybridized carbons (Fsp3) is 1.00. The molecule has 4 unspecified atom stereocenters. The van der Waals surface area contributed by atoms with E-state index in [9.17, 15) is 0 Å². The second kappa shape index (κ2) is 3.21. The van der Waals surface area contributed by atoms with E-state index in [2.05, 4.69) is 27.7 Å². The second-order valence-electron chi connectivity index (χ2n) is 16.1. The summed E-state index contributed by atoms with van der Waals surface area (Å²) in [7, 11) is 0.788. The summed E-state index contributed by atoms with van der Waals surface area (Å²) in [6.07, 6.45) is 22.3. The normalized spacial score (nSPS) is 69.9. The van der Waals surface area contributed by atoms with Crippen molar-refractivity contribution in [3.8, 4) is 0 Å². The van der Waals surface area contributed by atoms with Gasteiger partial charge in [0.05, 0.1) is 0 Å². The number of hydrogen-bond acceptors (Lipinski definition) is 0. The van der Waals surface area contributed by atoms with Crippen molar-refractivity contribution in [2.75, 3.05) is 24.6 Å². The number of rotatable bonds is 18. The molecule has 0 aromatic heterocycles. The zero-order chi connectivity index (χ0) is 22.4. The minimum atomic E-state index is -3.13. The molecule has 0 aromatic carbocycles. The Kier molecular flexibility index (Phi) is 1.98. The van der Waals surface area contributed by atoms with Gasteiger partial charge in [-0.1, -0.05) is 0 Å². The van der Waals surface area contributed by atoms with Crippen molar-refractivity contribution in [3.05, 3.63) is 0 Å². The maximum absolute atomic E-state index is 3.13. The van der Waals surface area contributed by atoms with Crippen LogP contribution < -0.4 is 0 Å². The van der Waals surface area contributed by atoms with E-state index in [1.54, 1.807) is 76.0 Å². The van der Waals surface area contributed by atoms with E-state index in [4.69, 9.17) is 0 Å². The van der Waals surface area contributed by atoms with Crippen LogP contribution in [0.5, 0.6) is 0 Å². The molecule has 10 aliphatic rings. The average molecular weight is 534 g/mol. The Bertz CT molecular complexity index is 1140. The van der Waals surface area contributed by atoms with Gasteiger partial charge in [0.25, 0.3) is 0 Å². The van der Waals surface area contributed by atoms with Gasteiger partial charge < -0.3 is 0 Å². The van der Waals surface area contributed by atoms with Gasteiger partial charge in [-0.25, -0.2) is 0 Å². The number of hydrogen-bond donors (Lipinski definition) is 0. The van der Waals surface area contributed by atoms with Crippen LogP contribution in [0.15, 0.2) is 0 Å². The molecule has 0 radical (unpaired) electrons. The Balaban J connectivity index is 1.10. The molecule has 191 valence electrons. The van der Waals surface area contributed by atoms with E-state index in [0.717, 1.165) is 0 Å². The molecule has 10 aliphatic heterocycles. The molecule has 0 amide bonds. The molecule has 1 spiro atoms. The van der Waals surface area contributed by atoms with Gasteiger partial charge in [0.1, 0.15) is 0 Å². The Morgan fingerprint density at radius 2 is 0.758 bits per heavy atom. The molecule has 0 nitrogen and oxygen atoms in total. The minimum absolute atomic E-state index is 0.394. The molecular formula is C30H52CoP2. The van der Waals surface area contributed by atoms with Crippen LogP contribution in [0.1, 0.15) is 105 Å². The van der Waals surface area contributed by atoms with Gasteiger partial charge in [-0.2, -0.15) is 0 Å². The summed E-state index contributed by atoms with van der Waals surface area (Å²) in [6.45, 7) is 9.80. The molecule has 0 aromatic rings. The van der Waals surface area contributed by atoms with Gasteiger partial charge in [0.2, 0.25) is 0 Å². The van der Waals surface area contributed by atoms with Crippen LogP contribution in [0.3, 0.4) is 0 Å². The predicted molar refractivity (Wildman–Crippen MR) is 147 cm³/mol. The third kappa shape index (κ3) is 0.484. The Morgan fingerprint density at radius 3 is 0.970 bits per heavy atom. The van der Waals surface area contributed by atoms with Crippen molar-refractivity contribution in [1.82, 2.24) is 0 Å². The van der Waals surface area contributed by atoms with Crippen LogP contribution in [0, 0.1) is 0 Å². The monoisotopic (exact) mass is 533 g/mol. The van der Waals surface area contributed by atoms with Gasteiger partial charge in [-0.15, -0.1) is 0 Å². The molecule has 0 aliphatic carbocycles. The van der Waals surface area contributed by atoms with Crippen molar-refractivity contribution in [3.63, 3.8) is 0 Å². The molecule has 33 heavy (non-hydrogen) atoms. The number of fused-ring (bicyclic) bond motifs is 10.